The van der Waals surface area contributed by atoms with Crippen LogP contribution in [-0.2, 0) is 0 Å². The van der Waals surface area contributed by atoms with Crippen molar-refractivity contribution in [2.75, 3.05) is 11.9 Å². The summed E-state index contributed by atoms with van der Waals surface area (Å²) < 4.78 is 0. The fourth-order valence-corrected chi connectivity index (χ4v) is 1.79. The summed E-state index contributed by atoms with van der Waals surface area (Å²) in [5, 5.41) is 21.7. The molecule has 0 amide bonds. The highest BCUT2D eigenvalue weighted by Gasteiger charge is 2.36. The molecule has 0 bridgehead atoms. The van der Waals surface area contributed by atoms with Gasteiger partial charge in [-0.05, 0) is 13.3 Å². The van der Waals surface area contributed by atoms with Crippen molar-refractivity contribution in [1.82, 2.24) is 10.2 Å². The number of hydrogen-bond acceptors (Lipinski definition) is 5. The fourth-order valence-electron chi connectivity index (χ4n) is 1.14. The van der Waals surface area contributed by atoms with E-state index < -0.39 is 0 Å². The lowest BCUT2D eigenvalue weighted by atomic mass is 10.4. The number of nitrogens with zero attached hydrogens (tertiary/aromatic N) is 2. The van der Waals surface area contributed by atoms with Crippen molar-refractivity contribution in [3.63, 3.8) is 0 Å². The molecule has 1 aromatic rings. The first-order chi connectivity index (χ1) is 5.79. The summed E-state index contributed by atoms with van der Waals surface area (Å²) in [7, 11) is 0. The van der Waals surface area contributed by atoms with E-state index in [0.29, 0.717) is 12.0 Å². The van der Waals surface area contributed by atoms with Gasteiger partial charge in [-0.1, -0.05) is 11.3 Å². The Labute approximate surface area is 74.6 Å². The normalized spacial score (nSPS) is 27.2. The van der Waals surface area contributed by atoms with E-state index in [1.54, 1.807) is 11.3 Å². The molecule has 1 aromatic heterocycles. The van der Waals surface area contributed by atoms with Gasteiger partial charge in [-0.3, -0.25) is 0 Å². The number of hydrogen-bond donors (Lipinski definition) is 2. The van der Waals surface area contributed by atoms with Crippen molar-refractivity contribution < 1.29 is 5.11 Å². The van der Waals surface area contributed by atoms with Gasteiger partial charge in [0.1, 0.15) is 5.01 Å². The second-order valence-electron chi connectivity index (χ2n) is 3.06. The third kappa shape index (κ3) is 1.56. The van der Waals surface area contributed by atoms with Crippen molar-refractivity contribution >= 4 is 16.5 Å². The number of aliphatic hydroxyl groups excluding tert-OH is 1. The van der Waals surface area contributed by atoms with Gasteiger partial charge in [0.05, 0.1) is 0 Å². The smallest absolute Gasteiger partial charge is 0.205 e. The molecule has 66 valence electrons. The van der Waals surface area contributed by atoms with E-state index in [1.165, 1.54) is 0 Å². The summed E-state index contributed by atoms with van der Waals surface area (Å²) in [5.74, 6) is 0.425. The Hall–Kier alpha value is -0.680. The largest absolute Gasteiger partial charge is 0.396 e. The van der Waals surface area contributed by atoms with Gasteiger partial charge in [0.2, 0.25) is 5.13 Å². The zero-order valence-corrected chi connectivity index (χ0v) is 7.64. The first-order valence-electron chi connectivity index (χ1n) is 3.97. The molecule has 0 saturated heterocycles. The molecule has 2 N–H and O–H groups in total. The molecule has 2 unspecified atom stereocenters. The van der Waals surface area contributed by atoms with Crippen LogP contribution in [-0.4, -0.2) is 28.0 Å². The molecule has 1 heterocycles. The second kappa shape index (κ2) is 2.99. The van der Waals surface area contributed by atoms with Crippen molar-refractivity contribution in [3.05, 3.63) is 5.01 Å². The first kappa shape index (κ1) is 7.94. The maximum Gasteiger partial charge on any atom is 0.205 e. The third-order valence-electron chi connectivity index (χ3n) is 1.99. The maximum absolute atomic E-state index is 8.79. The summed E-state index contributed by atoms with van der Waals surface area (Å²) >= 11 is 1.55. The Balaban J connectivity index is 1.89. The van der Waals surface area contributed by atoms with Gasteiger partial charge >= 0.3 is 0 Å². The van der Waals surface area contributed by atoms with Gasteiger partial charge in [-0.2, -0.15) is 0 Å². The van der Waals surface area contributed by atoms with Gasteiger partial charge in [0, 0.05) is 18.6 Å². The molecule has 1 saturated carbocycles. The van der Waals surface area contributed by atoms with Gasteiger partial charge in [0.15, 0.2) is 0 Å². The number of aliphatic hydroxyl groups is 1. The molecule has 2 rings (SSSR count). The van der Waals surface area contributed by atoms with Crippen LogP contribution in [0.3, 0.4) is 0 Å². The van der Waals surface area contributed by atoms with Crippen LogP contribution in [0.15, 0.2) is 0 Å². The van der Waals surface area contributed by atoms with E-state index in [-0.39, 0.29) is 6.61 Å². The predicted molar refractivity (Wildman–Crippen MR) is 47.2 cm³/mol. The Bertz CT molecular complexity index is 275. The lowest BCUT2D eigenvalue weighted by molar-refractivity contribution is 0.275. The highest BCUT2D eigenvalue weighted by Crippen LogP contribution is 2.33. The van der Waals surface area contributed by atoms with E-state index in [9.17, 15) is 0 Å². The number of anilines is 1. The minimum Gasteiger partial charge on any atom is -0.396 e. The van der Waals surface area contributed by atoms with Crippen molar-refractivity contribution in [3.8, 4) is 0 Å². The standard InChI is InChI=1S/C7H11N3OS/c1-4-9-10-7(12-4)8-6-2-5(6)3-11/h5-6,11H,2-3H2,1H3,(H,8,10). The minimum absolute atomic E-state index is 0.273. The van der Waals surface area contributed by atoms with E-state index in [4.69, 9.17) is 5.11 Å². The van der Waals surface area contributed by atoms with Crippen LogP contribution in [0.2, 0.25) is 0 Å². The monoisotopic (exact) mass is 185 g/mol. The van der Waals surface area contributed by atoms with Crippen LogP contribution < -0.4 is 5.32 Å². The lowest BCUT2D eigenvalue weighted by Gasteiger charge is -1.96. The SMILES string of the molecule is Cc1nnc(NC2CC2CO)s1. The Morgan fingerprint density at radius 2 is 2.50 bits per heavy atom. The van der Waals surface area contributed by atoms with E-state index in [0.717, 1.165) is 16.6 Å². The predicted octanol–water partition coefficient (Wildman–Crippen LogP) is 0.639. The van der Waals surface area contributed by atoms with E-state index in [2.05, 4.69) is 15.5 Å². The van der Waals surface area contributed by atoms with E-state index >= 15 is 0 Å². The average molecular weight is 185 g/mol. The number of rotatable bonds is 3. The zero-order valence-electron chi connectivity index (χ0n) is 6.82. The van der Waals surface area contributed by atoms with Crippen LogP contribution >= 0.6 is 11.3 Å². The van der Waals surface area contributed by atoms with Gasteiger partial charge in [-0.15, -0.1) is 10.2 Å². The molecule has 0 aromatic carbocycles. The van der Waals surface area contributed by atoms with Crippen LogP contribution in [0, 0.1) is 12.8 Å². The Kier molecular flexibility index (Phi) is 1.98. The highest BCUT2D eigenvalue weighted by molar-refractivity contribution is 7.15. The molecule has 1 aliphatic carbocycles. The first-order valence-corrected chi connectivity index (χ1v) is 4.78. The summed E-state index contributed by atoms with van der Waals surface area (Å²) in [6.07, 6.45) is 1.05. The maximum atomic E-state index is 8.79. The van der Waals surface area contributed by atoms with Crippen LogP contribution in [0.25, 0.3) is 0 Å². The summed E-state index contributed by atoms with van der Waals surface area (Å²) in [4.78, 5) is 0. The average Bonchev–Trinajstić information content (AvgIpc) is 2.67. The van der Waals surface area contributed by atoms with Crippen LogP contribution in [0.1, 0.15) is 11.4 Å². The molecule has 4 nitrogen and oxygen atoms in total. The molecule has 1 fully saturated rings. The van der Waals surface area contributed by atoms with Gasteiger partial charge < -0.3 is 10.4 Å². The van der Waals surface area contributed by atoms with Crippen molar-refractivity contribution in [1.29, 1.82) is 0 Å². The molecular weight excluding hydrogens is 174 g/mol. The number of aromatic nitrogens is 2. The minimum atomic E-state index is 0.273. The molecule has 0 aliphatic heterocycles. The number of aryl methyl sites for hydroxylation is 1. The van der Waals surface area contributed by atoms with Crippen LogP contribution in [0.5, 0.6) is 0 Å². The zero-order chi connectivity index (χ0) is 8.55. The Morgan fingerprint density at radius 3 is 3.00 bits per heavy atom. The molecule has 12 heavy (non-hydrogen) atoms. The topological polar surface area (TPSA) is 58.0 Å². The summed E-state index contributed by atoms with van der Waals surface area (Å²) in [5.41, 5.74) is 0. The van der Waals surface area contributed by atoms with Gasteiger partial charge in [-0.25, -0.2) is 0 Å². The second-order valence-corrected chi connectivity index (χ2v) is 4.24. The molecule has 1 aliphatic rings. The van der Waals surface area contributed by atoms with Gasteiger partial charge in [0.25, 0.3) is 0 Å². The number of nitrogens with one attached hydrogen (secondary N) is 1. The van der Waals surface area contributed by atoms with Crippen molar-refractivity contribution in [2.24, 2.45) is 5.92 Å². The summed E-state index contributed by atoms with van der Waals surface area (Å²) in [6, 6.07) is 0.419. The molecule has 0 spiro atoms. The lowest BCUT2D eigenvalue weighted by Crippen LogP contribution is -2.05. The van der Waals surface area contributed by atoms with E-state index in [1.807, 2.05) is 6.92 Å². The summed E-state index contributed by atoms with van der Waals surface area (Å²) in [6.45, 7) is 2.20. The fraction of sp³-hybridized carbons (Fsp3) is 0.714. The van der Waals surface area contributed by atoms with Crippen LogP contribution in [0.4, 0.5) is 5.13 Å². The quantitative estimate of drug-likeness (QED) is 0.725. The molecule has 5 heteroatoms. The molecule has 2 atom stereocenters. The Morgan fingerprint density at radius 1 is 1.67 bits per heavy atom. The third-order valence-corrected chi connectivity index (χ3v) is 2.76. The van der Waals surface area contributed by atoms with Crippen molar-refractivity contribution in [2.45, 2.75) is 19.4 Å². The molecular formula is C7H11N3OS. The highest BCUT2D eigenvalue weighted by atomic mass is 32.1. The molecule has 0 radical (unpaired) electrons.